The molecule has 0 saturated heterocycles. The molecular formula is C8H28ClLiN5+5. The van der Waals surface area contributed by atoms with Crippen molar-refractivity contribution in [1.29, 1.82) is 0 Å². The fraction of sp³-hybridized carbons (Fsp3) is 1.00. The molecular weight excluding hydrogens is 209 g/mol. The first kappa shape index (κ1) is 21.0. The Morgan fingerprint density at radius 2 is 1.33 bits per heavy atom. The van der Waals surface area contributed by atoms with Gasteiger partial charge in [0.15, 0.2) is 0 Å². The smallest absolute Gasteiger partial charge is 1.00 e. The van der Waals surface area contributed by atoms with Crippen LogP contribution in [-0.2, 0) is 0 Å². The molecule has 12 N–H and O–H groups in total. The van der Waals surface area contributed by atoms with Crippen LogP contribution in [0.2, 0.25) is 0 Å². The number of hydrogen-bond acceptors (Lipinski definition) is 0. The summed E-state index contributed by atoms with van der Waals surface area (Å²) in [7, 11) is 0. The van der Waals surface area contributed by atoms with Crippen LogP contribution < -0.4 is 58.7 Å². The van der Waals surface area contributed by atoms with Gasteiger partial charge in [0, 0.05) is 0 Å². The molecule has 7 heteroatoms. The van der Waals surface area contributed by atoms with Gasteiger partial charge in [0.2, 0.25) is 0 Å². The molecule has 0 aliphatic heterocycles. The molecule has 0 bridgehead atoms. The maximum Gasteiger partial charge on any atom is 1.00 e. The van der Waals surface area contributed by atoms with Gasteiger partial charge in [-0.1, -0.05) is 0 Å². The number of quaternary nitrogens is 5. The molecule has 0 aliphatic carbocycles. The summed E-state index contributed by atoms with van der Waals surface area (Å²) in [5.41, 5.74) is 11.6. The zero-order chi connectivity index (χ0) is 9.94. The minimum atomic E-state index is 0. The van der Waals surface area contributed by atoms with Crippen LogP contribution in [0.3, 0.4) is 0 Å². The first-order chi connectivity index (χ1) is 6.35. The summed E-state index contributed by atoms with van der Waals surface area (Å²) in [5, 5.41) is 2.35. The number of halogens is 1. The fourth-order valence-electron chi connectivity index (χ4n) is 1.47. The number of nitrogens with two attached hydrogens (primary N) is 1. The first-order valence-electron chi connectivity index (χ1n) is 5.38. The van der Waals surface area contributed by atoms with Crippen LogP contribution in [0, 0.1) is 0 Å². The SMILES string of the molecule is [Cl-].[Li+].[NH3+]CC[NH2+]CC[NH+](CC[NH3+])CC[NH3+]. The van der Waals surface area contributed by atoms with Gasteiger partial charge in [0.25, 0.3) is 0 Å². The third-order valence-corrected chi connectivity index (χ3v) is 2.17. The molecule has 0 aromatic heterocycles. The summed E-state index contributed by atoms with van der Waals surface area (Å²) >= 11 is 0. The molecule has 0 fully saturated rings. The molecule has 0 unspecified atom stereocenters. The Hall–Kier alpha value is 0.687. The zero-order valence-electron chi connectivity index (χ0n) is 10.2. The Balaban J connectivity index is -0.000000720. The number of rotatable bonds is 9. The van der Waals surface area contributed by atoms with E-state index in [0.717, 1.165) is 26.2 Å². The van der Waals surface area contributed by atoms with Crippen LogP contribution in [0.15, 0.2) is 0 Å². The van der Waals surface area contributed by atoms with Crippen molar-refractivity contribution in [2.45, 2.75) is 0 Å². The zero-order valence-corrected chi connectivity index (χ0v) is 11.0. The van der Waals surface area contributed by atoms with Crippen molar-refractivity contribution in [2.75, 3.05) is 52.4 Å². The summed E-state index contributed by atoms with van der Waals surface area (Å²) in [5.74, 6) is 0. The van der Waals surface area contributed by atoms with Crippen molar-refractivity contribution in [3.05, 3.63) is 0 Å². The maximum absolute atomic E-state index is 3.89. The van der Waals surface area contributed by atoms with Gasteiger partial charge in [0.1, 0.15) is 52.4 Å². The Kier molecular flexibility index (Phi) is 24.0. The Morgan fingerprint density at radius 3 is 1.73 bits per heavy atom. The first-order valence-corrected chi connectivity index (χ1v) is 5.38. The van der Waals surface area contributed by atoms with E-state index in [1.807, 2.05) is 0 Å². The number of nitrogens with one attached hydrogen (secondary N) is 1. The van der Waals surface area contributed by atoms with Crippen molar-refractivity contribution in [3.8, 4) is 0 Å². The standard InChI is InChI=1S/C8H23N5.ClH.Li/c9-1-4-12-5-8-13(6-2-10)7-3-11;;/h12H,1-11H2;1H;/q;;+1/p+4. The second kappa shape index (κ2) is 17.1. The summed E-state index contributed by atoms with van der Waals surface area (Å²) in [4.78, 5) is 1.64. The van der Waals surface area contributed by atoms with Crippen LogP contribution in [0.4, 0.5) is 0 Å². The molecule has 0 aliphatic rings. The summed E-state index contributed by atoms with van der Waals surface area (Å²) in [6.45, 7) is 9.08. The van der Waals surface area contributed by atoms with Crippen LogP contribution in [-0.4, -0.2) is 52.4 Å². The van der Waals surface area contributed by atoms with Crippen molar-refractivity contribution in [1.82, 2.24) is 0 Å². The minimum Gasteiger partial charge on any atom is -1.00 e. The third-order valence-electron chi connectivity index (χ3n) is 2.17. The minimum absolute atomic E-state index is 0. The van der Waals surface area contributed by atoms with Crippen LogP contribution in [0.1, 0.15) is 0 Å². The van der Waals surface area contributed by atoms with Crippen molar-refractivity contribution in [3.63, 3.8) is 0 Å². The largest absolute Gasteiger partial charge is 1.00 e. The molecule has 0 radical (unpaired) electrons. The van der Waals surface area contributed by atoms with Crippen LogP contribution in [0.25, 0.3) is 0 Å². The van der Waals surface area contributed by atoms with Crippen LogP contribution in [0.5, 0.6) is 0 Å². The van der Waals surface area contributed by atoms with E-state index in [1.54, 1.807) is 4.90 Å². The Morgan fingerprint density at radius 1 is 0.800 bits per heavy atom. The van der Waals surface area contributed by atoms with Gasteiger partial charge in [-0.05, 0) is 0 Å². The van der Waals surface area contributed by atoms with E-state index >= 15 is 0 Å². The van der Waals surface area contributed by atoms with E-state index in [4.69, 9.17) is 0 Å². The molecule has 0 saturated carbocycles. The van der Waals surface area contributed by atoms with Gasteiger partial charge in [-0.2, -0.15) is 0 Å². The van der Waals surface area contributed by atoms with E-state index in [9.17, 15) is 0 Å². The second-order valence-corrected chi connectivity index (χ2v) is 3.43. The van der Waals surface area contributed by atoms with Gasteiger partial charge in [-0.3, -0.25) is 0 Å². The molecule has 0 aromatic rings. The predicted octanol–water partition coefficient (Wildman–Crippen LogP) is -12.8. The normalized spacial score (nSPS) is 9.60. The van der Waals surface area contributed by atoms with E-state index in [1.165, 1.54) is 26.2 Å². The van der Waals surface area contributed by atoms with E-state index in [-0.39, 0.29) is 31.3 Å². The van der Waals surface area contributed by atoms with Crippen molar-refractivity contribution < 1.29 is 58.7 Å². The van der Waals surface area contributed by atoms with Crippen molar-refractivity contribution in [2.24, 2.45) is 0 Å². The van der Waals surface area contributed by atoms with Gasteiger partial charge in [-0.15, -0.1) is 0 Å². The summed E-state index contributed by atoms with van der Waals surface area (Å²) in [6.07, 6.45) is 0. The average Bonchev–Trinajstić information content (AvgIpc) is 2.13. The van der Waals surface area contributed by atoms with Gasteiger partial charge in [-0.25, -0.2) is 0 Å². The van der Waals surface area contributed by atoms with E-state index < -0.39 is 0 Å². The maximum atomic E-state index is 3.89. The van der Waals surface area contributed by atoms with Crippen LogP contribution >= 0.6 is 0 Å². The molecule has 0 atom stereocenters. The Bertz CT molecular complexity index is 103. The molecule has 0 aromatic carbocycles. The molecule has 0 amide bonds. The molecule has 5 nitrogen and oxygen atoms in total. The van der Waals surface area contributed by atoms with Gasteiger partial charge >= 0.3 is 18.9 Å². The second-order valence-electron chi connectivity index (χ2n) is 3.43. The third kappa shape index (κ3) is 14.7. The van der Waals surface area contributed by atoms with Crippen molar-refractivity contribution >= 4 is 0 Å². The molecule has 15 heavy (non-hydrogen) atoms. The summed E-state index contributed by atoms with van der Waals surface area (Å²) < 4.78 is 0. The molecule has 88 valence electrons. The Labute approximate surface area is 111 Å². The monoisotopic (exact) mass is 236 g/mol. The molecule has 0 spiro atoms. The van der Waals surface area contributed by atoms with E-state index in [0.29, 0.717) is 0 Å². The summed E-state index contributed by atoms with van der Waals surface area (Å²) in [6, 6.07) is 0. The molecule has 0 rings (SSSR count). The van der Waals surface area contributed by atoms with Gasteiger partial charge in [0.05, 0.1) is 0 Å². The number of hydrogen-bond donors (Lipinski definition) is 5. The van der Waals surface area contributed by atoms with E-state index in [2.05, 4.69) is 22.5 Å². The topological polar surface area (TPSA) is 104 Å². The quantitative estimate of drug-likeness (QED) is 0.194. The predicted molar refractivity (Wildman–Crippen MR) is 50.5 cm³/mol. The fourth-order valence-corrected chi connectivity index (χ4v) is 1.47. The molecule has 0 heterocycles. The van der Waals surface area contributed by atoms with Gasteiger partial charge < -0.3 is 39.8 Å². The average molecular weight is 237 g/mol.